The molecule has 3 heteroatoms. The van der Waals surface area contributed by atoms with Gasteiger partial charge < -0.3 is 5.73 Å². The second-order valence-corrected chi connectivity index (χ2v) is 4.43. The Balaban J connectivity index is 2.23. The van der Waals surface area contributed by atoms with E-state index in [1.807, 2.05) is 12.1 Å². The van der Waals surface area contributed by atoms with E-state index < -0.39 is 0 Å². The van der Waals surface area contributed by atoms with Crippen molar-refractivity contribution in [1.82, 2.24) is 10.2 Å². The number of aryl methyl sites for hydroxylation is 1. The normalized spacial score (nSPS) is 12.3. The van der Waals surface area contributed by atoms with Crippen LogP contribution in [0.15, 0.2) is 42.6 Å². The molecule has 1 aromatic heterocycles. The minimum Gasteiger partial charge on any atom is -0.329 e. The van der Waals surface area contributed by atoms with Crippen LogP contribution < -0.4 is 5.73 Å². The summed E-state index contributed by atoms with van der Waals surface area (Å²) in [6, 6.07) is 12.5. The molecule has 0 radical (unpaired) electrons. The fourth-order valence-corrected chi connectivity index (χ4v) is 2.13. The predicted molar refractivity (Wildman–Crippen MR) is 73.4 cm³/mol. The van der Waals surface area contributed by atoms with Gasteiger partial charge in [-0.1, -0.05) is 37.6 Å². The lowest BCUT2D eigenvalue weighted by Crippen LogP contribution is -2.15. The van der Waals surface area contributed by atoms with Crippen molar-refractivity contribution in [3.63, 3.8) is 0 Å². The summed E-state index contributed by atoms with van der Waals surface area (Å²) in [5.41, 5.74) is 9.38. The number of rotatable bonds is 5. The molecule has 1 atom stereocenters. The highest BCUT2D eigenvalue weighted by molar-refractivity contribution is 5.31. The first-order chi connectivity index (χ1) is 8.85. The molecule has 0 amide bonds. The molecule has 18 heavy (non-hydrogen) atoms. The molecule has 94 valence electrons. The van der Waals surface area contributed by atoms with Gasteiger partial charge in [0.2, 0.25) is 0 Å². The Bertz CT molecular complexity index is 465. The summed E-state index contributed by atoms with van der Waals surface area (Å²) in [7, 11) is 0. The molecular formula is C15H19N3. The summed E-state index contributed by atoms with van der Waals surface area (Å²) in [5.74, 6) is 0.134. The zero-order valence-electron chi connectivity index (χ0n) is 10.7. The average molecular weight is 241 g/mol. The van der Waals surface area contributed by atoms with Crippen LogP contribution in [-0.2, 0) is 6.42 Å². The van der Waals surface area contributed by atoms with Gasteiger partial charge in [-0.3, -0.25) is 0 Å². The Morgan fingerprint density at radius 1 is 1.17 bits per heavy atom. The quantitative estimate of drug-likeness (QED) is 0.875. The number of nitrogens with two attached hydrogens (primary N) is 1. The molecule has 2 N–H and O–H groups in total. The minimum absolute atomic E-state index is 0.134. The molecule has 2 rings (SSSR count). The van der Waals surface area contributed by atoms with E-state index in [0.29, 0.717) is 6.54 Å². The van der Waals surface area contributed by atoms with Crippen LogP contribution in [0.2, 0.25) is 0 Å². The van der Waals surface area contributed by atoms with E-state index in [1.165, 1.54) is 17.5 Å². The highest BCUT2D eigenvalue weighted by atomic mass is 15.1. The summed E-state index contributed by atoms with van der Waals surface area (Å²) in [4.78, 5) is 0. The maximum atomic E-state index is 5.87. The molecule has 0 aliphatic carbocycles. The molecular weight excluding hydrogens is 222 g/mol. The van der Waals surface area contributed by atoms with E-state index >= 15 is 0 Å². The molecule has 0 saturated carbocycles. The second-order valence-electron chi connectivity index (χ2n) is 4.43. The third-order valence-corrected chi connectivity index (χ3v) is 3.11. The highest BCUT2D eigenvalue weighted by Crippen LogP contribution is 2.22. The van der Waals surface area contributed by atoms with E-state index in [4.69, 9.17) is 5.73 Å². The molecule has 0 aliphatic heterocycles. The van der Waals surface area contributed by atoms with Gasteiger partial charge in [-0.25, -0.2) is 0 Å². The van der Waals surface area contributed by atoms with Crippen LogP contribution in [0.1, 0.15) is 36.1 Å². The van der Waals surface area contributed by atoms with Crippen molar-refractivity contribution in [3.8, 4) is 0 Å². The van der Waals surface area contributed by atoms with Crippen molar-refractivity contribution < 1.29 is 0 Å². The smallest absolute Gasteiger partial charge is 0.0718 e. The molecule has 3 nitrogen and oxygen atoms in total. The first-order valence-electron chi connectivity index (χ1n) is 6.41. The Labute approximate surface area is 108 Å². The van der Waals surface area contributed by atoms with E-state index in [2.05, 4.69) is 41.4 Å². The largest absolute Gasteiger partial charge is 0.329 e. The fourth-order valence-electron chi connectivity index (χ4n) is 2.13. The fraction of sp³-hybridized carbons (Fsp3) is 0.333. The zero-order valence-corrected chi connectivity index (χ0v) is 10.7. The van der Waals surface area contributed by atoms with E-state index in [0.717, 1.165) is 12.1 Å². The predicted octanol–water partition coefficient (Wildman–Crippen LogP) is 2.52. The van der Waals surface area contributed by atoms with Crippen LogP contribution >= 0.6 is 0 Å². The topological polar surface area (TPSA) is 51.8 Å². The standard InChI is InChI=1S/C15H19N3/c1-2-4-12-6-8-13(9-7-12)14(11-16)15-5-3-10-17-18-15/h3,5-10,14H,2,4,11,16H2,1H3. The Morgan fingerprint density at radius 2 is 1.94 bits per heavy atom. The number of aromatic nitrogens is 2. The Morgan fingerprint density at radius 3 is 2.50 bits per heavy atom. The number of benzene rings is 1. The van der Waals surface area contributed by atoms with Gasteiger partial charge in [0.1, 0.15) is 0 Å². The van der Waals surface area contributed by atoms with Gasteiger partial charge in [0.05, 0.1) is 5.69 Å². The maximum Gasteiger partial charge on any atom is 0.0718 e. The van der Waals surface area contributed by atoms with Gasteiger partial charge in [0.25, 0.3) is 0 Å². The van der Waals surface area contributed by atoms with Crippen LogP contribution in [0.4, 0.5) is 0 Å². The molecule has 0 saturated heterocycles. The SMILES string of the molecule is CCCc1ccc(C(CN)c2cccnn2)cc1. The molecule has 0 bridgehead atoms. The zero-order chi connectivity index (χ0) is 12.8. The highest BCUT2D eigenvalue weighted by Gasteiger charge is 2.13. The van der Waals surface area contributed by atoms with E-state index in [-0.39, 0.29) is 5.92 Å². The maximum absolute atomic E-state index is 5.87. The van der Waals surface area contributed by atoms with Gasteiger partial charge in [-0.15, -0.1) is 0 Å². The van der Waals surface area contributed by atoms with E-state index in [9.17, 15) is 0 Å². The van der Waals surface area contributed by atoms with Crippen molar-refractivity contribution in [2.45, 2.75) is 25.7 Å². The van der Waals surface area contributed by atoms with E-state index in [1.54, 1.807) is 6.20 Å². The van der Waals surface area contributed by atoms with Crippen molar-refractivity contribution in [2.24, 2.45) is 5.73 Å². The molecule has 1 heterocycles. The van der Waals surface area contributed by atoms with Crippen molar-refractivity contribution >= 4 is 0 Å². The summed E-state index contributed by atoms with van der Waals surface area (Å²) >= 11 is 0. The Hall–Kier alpha value is -1.74. The lowest BCUT2D eigenvalue weighted by molar-refractivity contribution is 0.759. The Kier molecular flexibility index (Phi) is 4.42. The number of nitrogens with zero attached hydrogens (tertiary/aromatic N) is 2. The van der Waals surface area contributed by atoms with Gasteiger partial charge >= 0.3 is 0 Å². The summed E-state index contributed by atoms with van der Waals surface area (Å²) < 4.78 is 0. The third-order valence-electron chi connectivity index (χ3n) is 3.11. The first kappa shape index (κ1) is 12.7. The third kappa shape index (κ3) is 2.93. The molecule has 0 fully saturated rings. The molecule has 0 aliphatic rings. The van der Waals surface area contributed by atoms with Gasteiger partial charge in [0.15, 0.2) is 0 Å². The average Bonchev–Trinajstić information content (AvgIpc) is 2.43. The lowest BCUT2D eigenvalue weighted by Gasteiger charge is -2.14. The van der Waals surface area contributed by atoms with Crippen molar-refractivity contribution in [1.29, 1.82) is 0 Å². The van der Waals surface area contributed by atoms with Crippen molar-refractivity contribution in [2.75, 3.05) is 6.54 Å². The minimum atomic E-state index is 0.134. The van der Waals surface area contributed by atoms with Crippen molar-refractivity contribution in [3.05, 3.63) is 59.4 Å². The second kappa shape index (κ2) is 6.26. The molecule has 1 unspecified atom stereocenters. The lowest BCUT2D eigenvalue weighted by atomic mass is 9.94. The molecule has 1 aromatic carbocycles. The summed E-state index contributed by atoms with van der Waals surface area (Å²) in [6.45, 7) is 2.74. The summed E-state index contributed by atoms with van der Waals surface area (Å²) in [6.07, 6.45) is 3.98. The van der Waals surface area contributed by atoms with Gasteiger partial charge in [-0.2, -0.15) is 10.2 Å². The van der Waals surface area contributed by atoms with Crippen LogP contribution in [0.3, 0.4) is 0 Å². The first-order valence-corrected chi connectivity index (χ1v) is 6.41. The van der Waals surface area contributed by atoms with Crippen LogP contribution in [-0.4, -0.2) is 16.7 Å². The molecule has 2 aromatic rings. The number of hydrogen-bond donors (Lipinski definition) is 1. The van der Waals surface area contributed by atoms with Crippen LogP contribution in [0.25, 0.3) is 0 Å². The summed E-state index contributed by atoms with van der Waals surface area (Å²) in [5, 5.41) is 8.08. The van der Waals surface area contributed by atoms with Crippen LogP contribution in [0, 0.1) is 0 Å². The van der Waals surface area contributed by atoms with Gasteiger partial charge in [-0.05, 0) is 29.7 Å². The number of hydrogen-bond acceptors (Lipinski definition) is 3. The van der Waals surface area contributed by atoms with Crippen LogP contribution in [0.5, 0.6) is 0 Å². The molecule has 0 spiro atoms. The monoisotopic (exact) mass is 241 g/mol. The van der Waals surface area contributed by atoms with Gasteiger partial charge in [0, 0.05) is 18.7 Å².